The summed E-state index contributed by atoms with van der Waals surface area (Å²) in [4.78, 5) is 37.9. The van der Waals surface area contributed by atoms with Crippen LogP contribution in [0.15, 0.2) is 64.5 Å². The predicted octanol–water partition coefficient (Wildman–Crippen LogP) is 2.84. The lowest BCUT2D eigenvalue weighted by molar-refractivity contribution is 0.0714. The molecule has 4 aromatic rings. The number of aromatic nitrogens is 4. The molecular formula is C26H27N7O3S2. The zero-order valence-electron chi connectivity index (χ0n) is 20.7. The molecule has 0 saturated carbocycles. The fraction of sp³-hybridized carbons (Fsp3) is 0.346. The quantitative estimate of drug-likeness (QED) is 0.202. The highest BCUT2D eigenvalue weighted by Gasteiger charge is 2.28. The summed E-state index contributed by atoms with van der Waals surface area (Å²) in [5.41, 5.74) is 2.63. The van der Waals surface area contributed by atoms with Crippen LogP contribution in [0.5, 0.6) is 0 Å². The molecule has 2 fully saturated rings. The minimum absolute atomic E-state index is 0.107. The number of rotatable bonds is 6. The molecule has 1 aromatic carbocycles. The molecule has 38 heavy (non-hydrogen) atoms. The van der Waals surface area contributed by atoms with Crippen molar-refractivity contribution in [2.45, 2.75) is 10.8 Å². The molecule has 1 amide bonds. The van der Waals surface area contributed by atoms with Gasteiger partial charge in [0.05, 0.1) is 19.4 Å². The topological polar surface area (TPSA) is 115 Å². The van der Waals surface area contributed by atoms with Crippen LogP contribution in [0.3, 0.4) is 0 Å². The van der Waals surface area contributed by atoms with E-state index in [0.717, 1.165) is 16.6 Å². The summed E-state index contributed by atoms with van der Waals surface area (Å²) >= 11 is 0.821. The number of amides is 1. The SMILES string of the molecule is O=C(c1ccco1)N1CCN(c2nc(N3CC[S+]([O-])CC3)c3ncnc(SCc4ccccc4)c3n2)CC1. The van der Waals surface area contributed by atoms with Gasteiger partial charge in [-0.3, -0.25) is 4.79 Å². The first-order valence-corrected chi connectivity index (χ1v) is 15.0. The van der Waals surface area contributed by atoms with Crippen LogP contribution in [0.4, 0.5) is 11.8 Å². The Morgan fingerprint density at radius 2 is 1.71 bits per heavy atom. The number of furan rings is 1. The summed E-state index contributed by atoms with van der Waals surface area (Å²) in [6.45, 7) is 3.59. The molecule has 2 aliphatic rings. The molecule has 3 aromatic heterocycles. The molecule has 196 valence electrons. The monoisotopic (exact) mass is 549 g/mol. The molecule has 2 aliphatic heterocycles. The number of nitrogens with zero attached hydrogens (tertiary/aromatic N) is 7. The van der Waals surface area contributed by atoms with Crippen LogP contribution in [-0.4, -0.2) is 86.1 Å². The van der Waals surface area contributed by atoms with Crippen molar-refractivity contribution in [2.75, 3.05) is 60.6 Å². The first-order chi connectivity index (χ1) is 18.7. The number of carbonyl (C=O) groups is 1. The van der Waals surface area contributed by atoms with Crippen molar-refractivity contribution in [3.63, 3.8) is 0 Å². The van der Waals surface area contributed by atoms with Crippen LogP contribution in [-0.2, 0) is 16.9 Å². The number of hydrogen-bond acceptors (Lipinski definition) is 10. The molecule has 0 atom stereocenters. The molecule has 0 N–H and O–H groups in total. The summed E-state index contributed by atoms with van der Waals surface area (Å²) in [5.74, 6) is 3.56. The lowest BCUT2D eigenvalue weighted by atomic mass is 10.2. The zero-order valence-corrected chi connectivity index (χ0v) is 22.4. The van der Waals surface area contributed by atoms with E-state index in [1.54, 1.807) is 35.1 Å². The third kappa shape index (κ3) is 5.29. The molecular weight excluding hydrogens is 522 g/mol. The molecule has 0 aliphatic carbocycles. The molecule has 5 heterocycles. The van der Waals surface area contributed by atoms with E-state index in [1.165, 1.54) is 11.8 Å². The average Bonchev–Trinajstić information content (AvgIpc) is 3.51. The summed E-state index contributed by atoms with van der Waals surface area (Å²) in [6, 6.07) is 13.7. The van der Waals surface area contributed by atoms with Crippen LogP contribution in [0.1, 0.15) is 16.1 Å². The Bertz CT molecular complexity index is 1390. The Kier molecular flexibility index (Phi) is 7.34. The highest BCUT2D eigenvalue weighted by atomic mass is 32.2. The maximum Gasteiger partial charge on any atom is 0.289 e. The van der Waals surface area contributed by atoms with Gasteiger partial charge in [-0.15, -0.1) is 0 Å². The molecule has 0 radical (unpaired) electrons. The standard InChI is InChI=1S/C26H27N7O3S2/c34-25(20-7-4-14-36-20)32-8-10-33(11-9-32)26-29-22-21(23(30-26)31-12-15-38(35)16-13-31)27-18-28-24(22)37-17-19-5-2-1-3-6-19/h1-7,14,18H,8-13,15-17H2. The van der Waals surface area contributed by atoms with E-state index in [-0.39, 0.29) is 5.91 Å². The number of carbonyl (C=O) groups excluding carboxylic acids is 1. The van der Waals surface area contributed by atoms with Crippen LogP contribution in [0.25, 0.3) is 11.0 Å². The Hall–Kier alpha value is -3.35. The predicted molar refractivity (Wildman–Crippen MR) is 148 cm³/mol. The van der Waals surface area contributed by atoms with Crippen molar-refractivity contribution in [3.05, 3.63) is 66.4 Å². The van der Waals surface area contributed by atoms with Gasteiger partial charge < -0.3 is 23.7 Å². The van der Waals surface area contributed by atoms with E-state index in [2.05, 4.69) is 31.9 Å². The highest BCUT2D eigenvalue weighted by molar-refractivity contribution is 7.98. The smallest absolute Gasteiger partial charge is 0.289 e. The number of anilines is 2. The fourth-order valence-electron chi connectivity index (χ4n) is 4.61. The molecule has 0 unspecified atom stereocenters. The normalized spacial score (nSPS) is 16.8. The number of thioether (sulfide) groups is 1. The third-order valence-corrected chi connectivity index (χ3v) is 9.02. The van der Waals surface area contributed by atoms with Gasteiger partial charge in [-0.05, 0) is 17.7 Å². The van der Waals surface area contributed by atoms with Crippen molar-refractivity contribution in [1.29, 1.82) is 0 Å². The van der Waals surface area contributed by atoms with Crippen LogP contribution in [0.2, 0.25) is 0 Å². The number of fused-ring (bicyclic) bond motifs is 1. The fourth-order valence-corrected chi connectivity index (χ4v) is 6.56. The molecule has 2 saturated heterocycles. The lowest BCUT2D eigenvalue weighted by Gasteiger charge is -2.35. The molecule has 6 rings (SSSR count). The van der Waals surface area contributed by atoms with Gasteiger partial charge in [0.15, 0.2) is 11.6 Å². The number of hydrogen-bond donors (Lipinski definition) is 0. The Balaban J connectivity index is 1.30. The molecule has 10 nitrogen and oxygen atoms in total. The van der Waals surface area contributed by atoms with Gasteiger partial charge in [-0.1, -0.05) is 53.3 Å². The molecule has 0 bridgehead atoms. The van der Waals surface area contributed by atoms with Gasteiger partial charge in [-0.2, -0.15) is 4.98 Å². The van der Waals surface area contributed by atoms with E-state index in [0.29, 0.717) is 73.5 Å². The van der Waals surface area contributed by atoms with Crippen molar-refractivity contribution >= 4 is 51.6 Å². The number of piperazine rings is 1. The van der Waals surface area contributed by atoms with E-state index >= 15 is 0 Å². The molecule has 12 heteroatoms. The Morgan fingerprint density at radius 1 is 0.921 bits per heavy atom. The van der Waals surface area contributed by atoms with Crippen molar-refractivity contribution < 1.29 is 13.8 Å². The first-order valence-electron chi connectivity index (χ1n) is 12.5. The minimum atomic E-state index is -0.806. The van der Waals surface area contributed by atoms with E-state index in [1.807, 2.05) is 18.2 Å². The second-order valence-electron chi connectivity index (χ2n) is 9.09. The Labute approximate surface area is 227 Å². The largest absolute Gasteiger partial charge is 0.616 e. The third-order valence-electron chi connectivity index (χ3n) is 6.70. The Morgan fingerprint density at radius 3 is 2.45 bits per heavy atom. The van der Waals surface area contributed by atoms with Crippen LogP contribution < -0.4 is 9.80 Å². The van der Waals surface area contributed by atoms with Crippen molar-refractivity contribution in [1.82, 2.24) is 24.8 Å². The van der Waals surface area contributed by atoms with Gasteiger partial charge in [0.25, 0.3) is 5.91 Å². The summed E-state index contributed by atoms with van der Waals surface area (Å²) in [5, 5.41) is 0.802. The van der Waals surface area contributed by atoms with E-state index in [4.69, 9.17) is 14.4 Å². The maximum atomic E-state index is 12.7. The van der Waals surface area contributed by atoms with Crippen LogP contribution in [0, 0.1) is 0 Å². The second kappa shape index (κ2) is 11.2. The lowest BCUT2D eigenvalue weighted by Crippen LogP contribution is -2.49. The van der Waals surface area contributed by atoms with Gasteiger partial charge >= 0.3 is 0 Å². The minimum Gasteiger partial charge on any atom is -0.616 e. The van der Waals surface area contributed by atoms with Gasteiger partial charge in [-0.25, -0.2) is 15.0 Å². The average molecular weight is 550 g/mol. The second-order valence-corrected chi connectivity index (χ2v) is 11.7. The van der Waals surface area contributed by atoms with Crippen molar-refractivity contribution in [3.8, 4) is 0 Å². The summed E-state index contributed by atoms with van der Waals surface area (Å²) in [6.07, 6.45) is 3.09. The van der Waals surface area contributed by atoms with Gasteiger partial charge in [0.1, 0.15) is 33.9 Å². The van der Waals surface area contributed by atoms with E-state index < -0.39 is 11.2 Å². The summed E-state index contributed by atoms with van der Waals surface area (Å²) in [7, 11) is 0. The van der Waals surface area contributed by atoms with Crippen molar-refractivity contribution in [2.24, 2.45) is 0 Å². The molecule has 0 spiro atoms. The van der Waals surface area contributed by atoms with E-state index in [9.17, 15) is 9.35 Å². The van der Waals surface area contributed by atoms with Crippen LogP contribution >= 0.6 is 11.8 Å². The van der Waals surface area contributed by atoms with Gasteiger partial charge in [0, 0.05) is 31.9 Å². The highest BCUT2D eigenvalue weighted by Crippen LogP contribution is 2.32. The number of benzene rings is 1. The summed E-state index contributed by atoms with van der Waals surface area (Å²) < 4.78 is 17.3. The zero-order chi connectivity index (χ0) is 25.9. The maximum absolute atomic E-state index is 12.7. The van der Waals surface area contributed by atoms with Gasteiger partial charge in [0.2, 0.25) is 5.95 Å². The first kappa shape index (κ1) is 25.0.